The van der Waals surface area contributed by atoms with Gasteiger partial charge in [-0.2, -0.15) is 4.68 Å². The molecule has 0 radical (unpaired) electrons. The molecule has 25 heavy (non-hydrogen) atoms. The van der Waals surface area contributed by atoms with E-state index in [0.717, 1.165) is 0 Å². The van der Waals surface area contributed by atoms with E-state index in [1.807, 2.05) is 0 Å². The van der Waals surface area contributed by atoms with Crippen LogP contribution in [0.3, 0.4) is 0 Å². The predicted molar refractivity (Wildman–Crippen MR) is 88.8 cm³/mol. The van der Waals surface area contributed by atoms with Crippen LogP contribution >= 0.6 is 0 Å². The van der Waals surface area contributed by atoms with Gasteiger partial charge in [0.1, 0.15) is 13.2 Å². The van der Waals surface area contributed by atoms with E-state index >= 15 is 0 Å². The van der Waals surface area contributed by atoms with E-state index in [1.165, 1.54) is 10.7 Å². The third-order valence-electron chi connectivity index (χ3n) is 3.86. The van der Waals surface area contributed by atoms with Gasteiger partial charge in [-0.25, -0.2) is 0 Å². The number of nitro groups is 1. The van der Waals surface area contributed by atoms with Crippen LogP contribution in [0.2, 0.25) is 0 Å². The number of nitrogens with one attached hydrogen (secondary N) is 1. The molecule has 1 aliphatic heterocycles. The lowest BCUT2D eigenvalue weighted by molar-refractivity contribution is -0.389. The van der Waals surface area contributed by atoms with Crippen molar-refractivity contribution in [3.05, 3.63) is 40.1 Å². The summed E-state index contributed by atoms with van der Waals surface area (Å²) in [6.45, 7) is 4.67. The summed E-state index contributed by atoms with van der Waals surface area (Å²) in [5, 5.41) is 17.5. The van der Waals surface area contributed by atoms with Gasteiger partial charge in [-0.05, 0) is 24.0 Å². The van der Waals surface area contributed by atoms with Crippen LogP contribution in [0.1, 0.15) is 12.6 Å². The van der Waals surface area contributed by atoms with Crippen molar-refractivity contribution in [1.82, 2.24) is 9.78 Å². The summed E-state index contributed by atoms with van der Waals surface area (Å²) in [5.41, 5.74) is 1.23. The first kappa shape index (κ1) is 16.7. The Kier molecular flexibility index (Phi) is 4.55. The molecule has 0 saturated heterocycles. The van der Waals surface area contributed by atoms with E-state index in [-0.39, 0.29) is 18.3 Å². The van der Waals surface area contributed by atoms with E-state index in [2.05, 4.69) is 10.4 Å². The minimum absolute atomic E-state index is 0.214. The molecule has 1 amide bonds. The fourth-order valence-corrected chi connectivity index (χ4v) is 2.50. The minimum atomic E-state index is -0.552. The number of hydrogen-bond donors (Lipinski definition) is 1. The maximum Gasteiger partial charge on any atom is 0.390 e. The van der Waals surface area contributed by atoms with Crippen LogP contribution in [0.5, 0.6) is 11.5 Å². The van der Waals surface area contributed by atoms with Crippen molar-refractivity contribution in [2.45, 2.75) is 20.4 Å². The van der Waals surface area contributed by atoms with E-state index in [1.54, 1.807) is 32.0 Å². The number of nitrogens with zero attached hydrogens (tertiary/aromatic N) is 3. The molecule has 0 spiro atoms. The molecule has 3 rings (SSSR count). The number of aryl methyl sites for hydroxylation is 1. The summed E-state index contributed by atoms with van der Waals surface area (Å²) >= 11 is 0. The van der Waals surface area contributed by atoms with Crippen molar-refractivity contribution >= 4 is 17.4 Å². The van der Waals surface area contributed by atoms with E-state index in [9.17, 15) is 14.9 Å². The third-order valence-corrected chi connectivity index (χ3v) is 3.86. The fraction of sp³-hybridized carbons (Fsp3) is 0.375. The number of amides is 1. The number of fused-ring (bicyclic) bond motifs is 1. The highest BCUT2D eigenvalue weighted by Crippen LogP contribution is 2.32. The van der Waals surface area contributed by atoms with Gasteiger partial charge in [0.15, 0.2) is 11.5 Å². The zero-order valence-electron chi connectivity index (χ0n) is 13.9. The van der Waals surface area contributed by atoms with Gasteiger partial charge in [0, 0.05) is 11.8 Å². The highest BCUT2D eigenvalue weighted by molar-refractivity contribution is 5.92. The van der Waals surface area contributed by atoms with Crippen LogP contribution in [0.15, 0.2) is 24.3 Å². The first-order valence-electron chi connectivity index (χ1n) is 7.83. The number of carbonyl (C=O) groups excluding carboxylic acids is 1. The monoisotopic (exact) mass is 346 g/mol. The number of carbonyl (C=O) groups is 1. The lowest BCUT2D eigenvalue weighted by atomic mass is 10.1. The Morgan fingerprint density at radius 2 is 2.08 bits per heavy atom. The zero-order chi connectivity index (χ0) is 18.0. The molecule has 9 heteroatoms. The summed E-state index contributed by atoms with van der Waals surface area (Å²) < 4.78 is 12.4. The van der Waals surface area contributed by atoms with E-state index < -0.39 is 10.8 Å². The van der Waals surface area contributed by atoms with Gasteiger partial charge in [0.2, 0.25) is 5.91 Å². The number of anilines is 1. The Labute approximate surface area is 143 Å². The topological polar surface area (TPSA) is 109 Å². The Hall–Kier alpha value is -3.10. The second kappa shape index (κ2) is 6.80. The molecule has 0 bridgehead atoms. The molecule has 2 aromatic rings. The molecule has 9 nitrogen and oxygen atoms in total. The Balaban J connectivity index is 1.65. The first-order valence-corrected chi connectivity index (χ1v) is 7.83. The molecule has 1 aromatic heterocycles. The van der Waals surface area contributed by atoms with Crippen molar-refractivity contribution in [1.29, 1.82) is 0 Å². The predicted octanol–water partition coefficient (Wildman–Crippen LogP) is 2.15. The molecular weight excluding hydrogens is 328 g/mol. The lowest BCUT2D eigenvalue weighted by Crippen LogP contribution is -2.25. The molecule has 0 fully saturated rings. The van der Waals surface area contributed by atoms with Gasteiger partial charge in [-0.15, -0.1) is 0 Å². The average molecular weight is 346 g/mol. The average Bonchev–Trinajstić information content (AvgIpc) is 2.96. The molecular formula is C16H18N4O5. The highest BCUT2D eigenvalue weighted by atomic mass is 16.6. The summed E-state index contributed by atoms with van der Waals surface area (Å²) in [5.74, 6) is 0.379. The summed E-state index contributed by atoms with van der Waals surface area (Å²) in [6.07, 6.45) is 0. The quantitative estimate of drug-likeness (QED) is 0.656. The van der Waals surface area contributed by atoms with Gasteiger partial charge in [0.25, 0.3) is 0 Å². The summed E-state index contributed by atoms with van der Waals surface area (Å²) in [7, 11) is 0. The van der Waals surface area contributed by atoms with Crippen molar-refractivity contribution in [3.8, 4) is 11.5 Å². The van der Waals surface area contributed by atoms with Gasteiger partial charge in [0.05, 0.1) is 29.3 Å². The van der Waals surface area contributed by atoms with Crippen LogP contribution in [0.25, 0.3) is 0 Å². The second-order valence-corrected chi connectivity index (χ2v) is 5.83. The smallest absolute Gasteiger partial charge is 0.390 e. The highest BCUT2D eigenvalue weighted by Gasteiger charge is 2.21. The molecule has 0 unspecified atom stereocenters. The molecule has 2 heterocycles. The van der Waals surface area contributed by atoms with Crippen LogP contribution < -0.4 is 14.8 Å². The fourth-order valence-electron chi connectivity index (χ4n) is 2.50. The lowest BCUT2D eigenvalue weighted by Gasteiger charge is -2.19. The summed E-state index contributed by atoms with van der Waals surface area (Å²) in [4.78, 5) is 22.6. The van der Waals surface area contributed by atoms with Gasteiger partial charge in [-0.1, -0.05) is 6.92 Å². The molecule has 1 aromatic carbocycles. The van der Waals surface area contributed by atoms with Crippen molar-refractivity contribution in [2.24, 2.45) is 5.92 Å². The van der Waals surface area contributed by atoms with Crippen LogP contribution in [0, 0.1) is 23.0 Å². The molecule has 1 N–H and O–H groups in total. The molecule has 1 atom stereocenters. The van der Waals surface area contributed by atoms with Gasteiger partial charge >= 0.3 is 5.82 Å². The Morgan fingerprint density at radius 3 is 2.76 bits per heavy atom. The first-order chi connectivity index (χ1) is 11.9. The Bertz CT molecular complexity index is 817. The van der Waals surface area contributed by atoms with Crippen molar-refractivity contribution < 1.29 is 19.2 Å². The standard InChI is InChI=1S/C16H18N4O5/c1-10(9-19-11(2)7-15(18-19)20(22)23)16(21)17-12-3-4-13-14(8-12)25-6-5-24-13/h3-4,7-8,10H,5-6,9H2,1-2H3,(H,17,21)/t10-/m1/s1. The number of rotatable bonds is 5. The number of ether oxygens (including phenoxy) is 2. The minimum Gasteiger partial charge on any atom is -0.486 e. The number of aromatic nitrogens is 2. The molecule has 0 aliphatic carbocycles. The van der Waals surface area contributed by atoms with E-state index in [4.69, 9.17) is 9.47 Å². The molecule has 1 aliphatic rings. The number of hydrogen-bond acceptors (Lipinski definition) is 6. The van der Waals surface area contributed by atoms with Crippen molar-refractivity contribution in [2.75, 3.05) is 18.5 Å². The van der Waals surface area contributed by atoms with E-state index in [0.29, 0.717) is 36.1 Å². The number of benzene rings is 1. The van der Waals surface area contributed by atoms with Gasteiger partial charge in [-0.3, -0.25) is 4.79 Å². The van der Waals surface area contributed by atoms with Crippen molar-refractivity contribution in [3.63, 3.8) is 0 Å². The second-order valence-electron chi connectivity index (χ2n) is 5.83. The molecule has 0 saturated carbocycles. The molecule has 132 valence electrons. The summed E-state index contributed by atoms with van der Waals surface area (Å²) in [6, 6.07) is 6.58. The van der Waals surface area contributed by atoms with Gasteiger partial charge < -0.3 is 24.9 Å². The van der Waals surface area contributed by atoms with Crippen LogP contribution in [-0.2, 0) is 11.3 Å². The van der Waals surface area contributed by atoms with Crippen LogP contribution in [-0.4, -0.2) is 33.8 Å². The zero-order valence-corrected chi connectivity index (χ0v) is 13.9. The van der Waals surface area contributed by atoms with Crippen LogP contribution in [0.4, 0.5) is 11.5 Å². The normalized spacial score (nSPS) is 14.0. The third kappa shape index (κ3) is 3.70. The Morgan fingerprint density at radius 1 is 1.36 bits per heavy atom. The maximum atomic E-state index is 12.4. The maximum absolute atomic E-state index is 12.4. The largest absolute Gasteiger partial charge is 0.486 e. The SMILES string of the molecule is Cc1cc([N+](=O)[O-])nn1C[C@@H](C)C(=O)Nc1ccc2c(c1)OCCO2.